The Hall–Kier alpha value is -4.27. The number of benzene rings is 2. The molecule has 5 rings (SSSR count). The second kappa shape index (κ2) is 27.3. The summed E-state index contributed by atoms with van der Waals surface area (Å²) in [6, 6.07) is 15.0. The van der Waals surface area contributed by atoms with E-state index in [-0.39, 0.29) is 12.5 Å². The van der Waals surface area contributed by atoms with Crippen LogP contribution in [-0.2, 0) is 11.2 Å². The molecule has 1 aliphatic rings. The summed E-state index contributed by atoms with van der Waals surface area (Å²) in [5.41, 5.74) is 6.35. The van der Waals surface area contributed by atoms with Crippen molar-refractivity contribution in [1.82, 2.24) is 25.4 Å². The number of carbonyl (C=O) groups excluding carboxylic acids is 1. The van der Waals surface area contributed by atoms with Crippen molar-refractivity contribution in [1.29, 1.82) is 0 Å². The minimum absolute atomic E-state index is 0.0395. The van der Waals surface area contributed by atoms with Crippen LogP contribution in [0, 0.1) is 0 Å². The number of allylic oxidation sites excluding steroid dienone is 1. The van der Waals surface area contributed by atoms with Crippen LogP contribution >= 0.6 is 0 Å². The molecule has 3 heterocycles. The Bertz CT molecular complexity index is 1740. The molecule has 1 unspecified atom stereocenters. The number of amides is 1. The summed E-state index contributed by atoms with van der Waals surface area (Å²) in [6.07, 6.45) is 19.4. The molecule has 0 spiro atoms. The number of unbranched alkanes of at least 4 members (excludes halogenated alkanes) is 1. The van der Waals surface area contributed by atoms with E-state index in [1.165, 1.54) is 48.8 Å². The number of nitrogens with zero attached hydrogens (tertiary/aromatic N) is 3. The summed E-state index contributed by atoms with van der Waals surface area (Å²) in [7, 11) is 1.97. The number of alkyl halides is 1. The predicted molar refractivity (Wildman–Crippen MR) is 234 cm³/mol. The zero-order valence-electron chi connectivity index (χ0n) is 35.2. The number of rotatable bonds is 15. The molecule has 7 nitrogen and oxygen atoms in total. The zero-order chi connectivity index (χ0) is 40.4. The van der Waals surface area contributed by atoms with E-state index in [1.807, 2.05) is 74.9 Å². The second-order valence-corrected chi connectivity index (χ2v) is 14.0. The van der Waals surface area contributed by atoms with Crippen LogP contribution in [0.1, 0.15) is 116 Å². The first kappa shape index (κ1) is 46.9. The monoisotopic (exact) mass is 756 g/mol. The van der Waals surface area contributed by atoms with E-state index in [0.717, 1.165) is 72.2 Å². The van der Waals surface area contributed by atoms with Gasteiger partial charge in [-0.2, -0.15) is 0 Å². The number of aromatic nitrogens is 1. The third kappa shape index (κ3) is 15.4. The molecule has 302 valence electrons. The van der Waals surface area contributed by atoms with Crippen LogP contribution in [0.3, 0.4) is 0 Å². The van der Waals surface area contributed by atoms with Gasteiger partial charge < -0.3 is 14.6 Å². The topological polar surface area (TPSA) is 73.6 Å². The molecule has 0 radical (unpaired) electrons. The van der Waals surface area contributed by atoms with E-state index in [2.05, 4.69) is 80.8 Å². The van der Waals surface area contributed by atoms with Crippen molar-refractivity contribution >= 4 is 33.9 Å². The van der Waals surface area contributed by atoms with Crippen molar-refractivity contribution in [3.63, 3.8) is 0 Å². The van der Waals surface area contributed by atoms with Gasteiger partial charge in [-0.1, -0.05) is 102 Å². The number of hydrogen-bond donors (Lipinski definition) is 2. The molecule has 1 atom stereocenters. The van der Waals surface area contributed by atoms with Gasteiger partial charge in [0, 0.05) is 49.3 Å². The third-order valence-electron chi connectivity index (χ3n) is 9.11. The molecule has 0 bridgehead atoms. The molecule has 2 N–H and O–H groups in total. The molecule has 2 aromatic carbocycles. The van der Waals surface area contributed by atoms with Gasteiger partial charge >= 0.3 is 0 Å². The number of piperidine rings is 1. The van der Waals surface area contributed by atoms with Crippen LogP contribution in [0.25, 0.3) is 28.0 Å². The fourth-order valence-corrected chi connectivity index (χ4v) is 6.27. The fraction of sp³-hybridized carbons (Fsp3) is 0.489. The van der Waals surface area contributed by atoms with Crippen molar-refractivity contribution < 1.29 is 13.6 Å². The molecule has 1 aliphatic heterocycles. The maximum atomic E-state index is 14.1. The highest BCUT2D eigenvalue weighted by Gasteiger charge is 2.24. The largest absolute Gasteiger partial charge is 0.456 e. The van der Waals surface area contributed by atoms with Gasteiger partial charge in [0.1, 0.15) is 23.7 Å². The normalized spacial score (nSPS) is 13.5. The SMILES string of the molecule is C=CCN(C(=O)CNC(CF)c1ccc2oc3ccccc3c2c1)/C(=C\C)N1CCCCC1.CCC.CCCC.CCCc1ccncc1/C=C(\C)CNC. The van der Waals surface area contributed by atoms with Crippen LogP contribution in [0.5, 0.6) is 0 Å². The van der Waals surface area contributed by atoms with Crippen LogP contribution < -0.4 is 10.6 Å². The molecule has 1 amide bonds. The molecule has 0 aliphatic carbocycles. The number of halogens is 1. The number of pyridine rings is 1. The lowest BCUT2D eigenvalue weighted by Crippen LogP contribution is -2.45. The van der Waals surface area contributed by atoms with E-state index in [1.54, 1.807) is 11.0 Å². The summed E-state index contributed by atoms with van der Waals surface area (Å²) in [5, 5.41) is 8.23. The number of likely N-dealkylation sites (N-methyl/N-ethyl adjacent to an activating group) is 1. The zero-order valence-corrected chi connectivity index (χ0v) is 35.2. The number of nitrogens with one attached hydrogen (secondary N) is 2. The van der Waals surface area contributed by atoms with Crippen LogP contribution in [-0.4, -0.2) is 67.1 Å². The third-order valence-corrected chi connectivity index (χ3v) is 9.11. The second-order valence-electron chi connectivity index (χ2n) is 14.0. The van der Waals surface area contributed by atoms with E-state index in [9.17, 15) is 9.18 Å². The quantitative estimate of drug-likeness (QED) is 0.118. The van der Waals surface area contributed by atoms with Gasteiger partial charge in [0.25, 0.3) is 0 Å². The van der Waals surface area contributed by atoms with Crippen molar-refractivity contribution in [2.24, 2.45) is 0 Å². The van der Waals surface area contributed by atoms with E-state index in [4.69, 9.17) is 4.42 Å². The molecule has 0 saturated carbocycles. The molecule has 55 heavy (non-hydrogen) atoms. The Morgan fingerprint density at radius 3 is 2.29 bits per heavy atom. The van der Waals surface area contributed by atoms with Gasteiger partial charge in [-0.3, -0.25) is 20.0 Å². The fourth-order valence-electron chi connectivity index (χ4n) is 6.27. The molecular weight excluding hydrogens is 686 g/mol. The highest BCUT2D eigenvalue weighted by Crippen LogP contribution is 2.31. The first-order valence-corrected chi connectivity index (χ1v) is 20.5. The van der Waals surface area contributed by atoms with Gasteiger partial charge in [0.2, 0.25) is 5.91 Å². The smallest absolute Gasteiger partial charge is 0.242 e. The van der Waals surface area contributed by atoms with Gasteiger partial charge in [-0.25, -0.2) is 4.39 Å². The Labute approximate surface area is 332 Å². The molecule has 1 saturated heterocycles. The molecule has 2 aromatic heterocycles. The summed E-state index contributed by atoms with van der Waals surface area (Å²) >= 11 is 0. The molecule has 1 fully saturated rings. The number of likely N-dealkylation sites (tertiary alicyclic amines) is 1. The van der Waals surface area contributed by atoms with Crippen LogP contribution in [0.4, 0.5) is 4.39 Å². The van der Waals surface area contributed by atoms with Crippen molar-refractivity contribution in [2.45, 2.75) is 106 Å². The standard InChI is InChI=1S/C27H32FN3O2.C13H20N2.C4H10.C3H8/c1-3-14-31(26(4-2)30-15-8-5-9-16-30)27(32)19-29-23(18-28)20-12-13-25-22(17-20)21-10-6-7-11-24(21)33-25;1-4-5-12-6-7-15-10-13(12)8-11(2)9-14-3;1-3-4-2;1-3-2/h3-4,6-7,10-13,17,23,29H,1,5,8-9,14-16,18-19H2,2H3;6-8,10,14H,4-5,9H2,1-3H3;3-4H2,1-2H3;3H2,1-2H3/b26-4-;11-8+;;. The maximum Gasteiger partial charge on any atom is 0.242 e. The maximum absolute atomic E-state index is 14.1. The summed E-state index contributed by atoms with van der Waals surface area (Å²) in [4.78, 5) is 21.4. The number of carbonyl (C=O) groups is 1. The summed E-state index contributed by atoms with van der Waals surface area (Å²) in [6.45, 7) is 21.4. The Morgan fingerprint density at radius 2 is 1.67 bits per heavy atom. The number of furan rings is 1. The van der Waals surface area contributed by atoms with E-state index >= 15 is 0 Å². The lowest BCUT2D eigenvalue weighted by molar-refractivity contribution is -0.129. The number of hydrogen-bond acceptors (Lipinski definition) is 6. The van der Waals surface area contributed by atoms with Gasteiger partial charge in [-0.15, -0.1) is 6.58 Å². The Kier molecular flexibility index (Phi) is 23.3. The number of para-hydroxylation sites is 1. The minimum Gasteiger partial charge on any atom is -0.456 e. The first-order valence-electron chi connectivity index (χ1n) is 20.5. The van der Waals surface area contributed by atoms with E-state index in [0.29, 0.717) is 6.54 Å². The predicted octanol–water partition coefficient (Wildman–Crippen LogP) is 11.4. The van der Waals surface area contributed by atoms with Gasteiger partial charge in [-0.05, 0) is 93.6 Å². The van der Waals surface area contributed by atoms with Crippen LogP contribution in [0.2, 0.25) is 0 Å². The first-order chi connectivity index (χ1) is 26.8. The van der Waals surface area contributed by atoms with Crippen molar-refractivity contribution in [3.05, 3.63) is 108 Å². The van der Waals surface area contributed by atoms with Crippen molar-refractivity contribution in [2.75, 3.05) is 46.4 Å². The number of aryl methyl sites for hydroxylation is 1. The highest BCUT2D eigenvalue weighted by atomic mass is 19.1. The molecular formula is C47H70FN5O2. The molecule has 8 heteroatoms. The summed E-state index contributed by atoms with van der Waals surface area (Å²) in [5.74, 6) is 0.811. The minimum atomic E-state index is -0.612. The lowest BCUT2D eigenvalue weighted by Gasteiger charge is -2.37. The number of fused-ring (bicyclic) bond motifs is 3. The average molecular weight is 756 g/mol. The van der Waals surface area contributed by atoms with Crippen molar-refractivity contribution in [3.8, 4) is 0 Å². The van der Waals surface area contributed by atoms with E-state index < -0.39 is 12.7 Å². The van der Waals surface area contributed by atoms with Crippen LogP contribution in [0.15, 0.2) is 95.5 Å². The Balaban J connectivity index is 0.000000394. The van der Waals surface area contributed by atoms with Gasteiger partial charge in [0.05, 0.1) is 12.6 Å². The average Bonchev–Trinajstić information content (AvgIpc) is 3.58. The lowest BCUT2D eigenvalue weighted by atomic mass is 10.0. The molecule has 4 aromatic rings. The summed E-state index contributed by atoms with van der Waals surface area (Å²) < 4.78 is 19.9. The van der Waals surface area contributed by atoms with Gasteiger partial charge in [0.15, 0.2) is 0 Å². The Morgan fingerprint density at radius 1 is 0.982 bits per heavy atom. The highest BCUT2D eigenvalue weighted by molar-refractivity contribution is 6.05.